The van der Waals surface area contributed by atoms with Gasteiger partial charge in [0, 0.05) is 12.8 Å². The topological polar surface area (TPSA) is 43.4 Å². The van der Waals surface area contributed by atoms with Crippen molar-refractivity contribution in [3.05, 3.63) is 0 Å². The van der Waals surface area contributed by atoms with Crippen molar-refractivity contribution in [3.63, 3.8) is 0 Å². The van der Waals surface area contributed by atoms with Crippen molar-refractivity contribution >= 4 is 12.3 Å². The molecule has 0 saturated heterocycles. The van der Waals surface area contributed by atoms with Gasteiger partial charge >= 0.3 is 5.97 Å². The van der Waals surface area contributed by atoms with Crippen LogP contribution in [0, 0.1) is 0 Å². The van der Waals surface area contributed by atoms with Crippen LogP contribution in [0.3, 0.4) is 0 Å². The molecule has 0 bridgehead atoms. The summed E-state index contributed by atoms with van der Waals surface area (Å²) in [5.41, 5.74) is 0. The second-order valence-corrected chi connectivity index (χ2v) is 9.35. The maximum absolute atomic E-state index is 11.8. The Bertz CT molecular complexity index is 367. The van der Waals surface area contributed by atoms with Crippen LogP contribution in [0.15, 0.2) is 0 Å². The number of ether oxygens (including phenoxy) is 1. The van der Waals surface area contributed by atoms with E-state index < -0.39 is 0 Å². The molecule has 0 spiro atoms. The lowest BCUT2D eigenvalue weighted by Gasteiger charge is -2.06. The van der Waals surface area contributed by atoms with Crippen molar-refractivity contribution in [1.29, 1.82) is 0 Å². The Hall–Kier alpha value is -0.860. The fraction of sp³-hybridized carbons (Fsp3) is 0.929. The van der Waals surface area contributed by atoms with E-state index in [4.69, 9.17) is 4.74 Å². The zero-order chi connectivity index (χ0) is 22.7. The first-order valence-electron chi connectivity index (χ1n) is 13.9. The van der Waals surface area contributed by atoms with Crippen LogP contribution in [-0.2, 0) is 14.3 Å². The minimum atomic E-state index is 0.00377. The fourth-order valence-corrected chi connectivity index (χ4v) is 4.11. The Morgan fingerprint density at radius 2 is 0.935 bits per heavy atom. The van der Waals surface area contributed by atoms with Crippen LogP contribution in [0.4, 0.5) is 0 Å². The molecule has 0 aromatic heterocycles. The highest BCUT2D eigenvalue weighted by molar-refractivity contribution is 5.69. The van der Waals surface area contributed by atoms with Crippen molar-refractivity contribution in [2.24, 2.45) is 0 Å². The van der Waals surface area contributed by atoms with Crippen molar-refractivity contribution in [3.8, 4) is 0 Å². The van der Waals surface area contributed by atoms with E-state index in [0.29, 0.717) is 13.0 Å². The lowest BCUT2D eigenvalue weighted by Crippen LogP contribution is -2.05. The number of aldehydes is 1. The number of carbonyl (C=O) groups excluding carboxylic acids is 2. The maximum atomic E-state index is 11.8. The van der Waals surface area contributed by atoms with Crippen molar-refractivity contribution in [1.82, 2.24) is 0 Å². The molecule has 0 fully saturated rings. The Labute approximate surface area is 194 Å². The molecule has 0 N–H and O–H groups in total. The average Bonchev–Trinajstić information content (AvgIpc) is 2.77. The predicted octanol–water partition coefficient (Wildman–Crippen LogP) is 9.11. The number of esters is 1. The summed E-state index contributed by atoms with van der Waals surface area (Å²) in [6.07, 6.45) is 30.4. The Morgan fingerprint density at radius 1 is 0.548 bits per heavy atom. The Kier molecular flexibility index (Phi) is 26.4. The third-order valence-electron chi connectivity index (χ3n) is 6.21. The third kappa shape index (κ3) is 27.1. The minimum Gasteiger partial charge on any atom is -0.466 e. The van der Waals surface area contributed by atoms with E-state index in [1.165, 1.54) is 122 Å². The molecule has 0 aliphatic heterocycles. The van der Waals surface area contributed by atoms with Gasteiger partial charge in [0.05, 0.1) is 6.61 Å². The number of hydrogen-bond acceptors (Lipinski definition) is 3. The van der Waals surface area contributed by atoms with Crippen LogP contribution in [0.25, 0.3) is 0 Å². The smallest absolute Gasteiger partial charge is 0.305 e. The van der Waals surface area contributed by atoms with E-state index >= 15 is 0 Å². The molecule has 0 heterocycles. The quantitative estimate of drug-likeness (QED) is 0.0768. The van der Waals surface area contributed by atoms with Gasteiger partial charge in [-0.1, -0.05) is 129 Å². The van der Waals surface area contributed by atoms with Gasteiger partial charge in [0.25, 0.3) is 0 Å². The summed E-state index contributed by atoms with van der Waals surface area (Å²) in [7, 11) is 0. The SMILES string of the molecule is CCCCCCCCCCCCCC(=O)OCCCCCCCCCCCCCC=O. The van der Waals surface area contributed by atoms with E-state index in [2.05, 4.69) is 6.92 Å². The summed E-state index contributed by atoms with van der Waals surface area (Å²) in [6.45, 7) is 2.88. The zero-order valence-electron chi connectivity index (χ0n) is 21.0. The van der Waals surface area contributed by atoms with Crippen molar-refractivity contribution < 1.29 is 14.3 Å². The lowest BCUT2D eigenvalue weighted by atomic mass is 10.1. The molecular formula is C28H54O3. The summed E-state index contributed by atoms with van der Waals surface area (Å²) >= 11 is 0. The highest BCUT2D eigenvalue weighted by Crippen LogP contribution is 2.13. The number of hydrogen-bond donors (Lipinski definition) is 0. The largest absolute Gasteiger partial charge is 0.466 e. The van der Waals surface area contributed by atoms with Crippen LogP contribution in [0.5, 0.6) is 0 Å². The standard InChI is InChI=1S/C28H54O3/c1-2-3-4-5-6-7-10-13-16-19-22-25-28(30)31-27-24-21-18-15-12-9-8-11-14-17-20-23-26-29/h26H,2-25,27H2,1H3. The van der Waals surface area contributed by atoms with Gasteiger partial charge < -0.3 is 9.53 Å². The molecule has 3 nitrogen and oxygen atoms in total. The molecule has 31 heavy (non-hydrogen) atoms. The van der Waals surface area contributed by atoms with Gasteiger partial charge in [-0.05, 0) is 19.3 Å². The number of rotatable bonds is 26. The number of carbonyl (C=O) groups is 2. The highest BCUT2D eigenvalue weighted by atomic mass is 16.5. The summed E-state index contributed by atoms with van der Waals surface area (Å²) < 4.78 is 5.37. The molecule has 0 aliphatic carbocycles. The predicted molar refractivity (Wildman–Crippen MR) is 134 cm³/mol. The molecule has 0 unspecified atom stereocenters. The lowest BCUT2D eigenvalue weighted by molar-refractivity contribution is -0.143. The van der Waals surface area contributed by atoms with Crippen molar-refractivity contribution in [2.45, 2.75) is 161 Å². The molecule has 0 rings (SSSR count). The molecular weight excluding hydrogens is 384 g/mol. The molecule has 0 aliphatic rings. The molecule has 0 saturated carbocycles. The molecule has 0 radical (unpaired) electrons. The van der Waals surface area contributed by atoms with Crippen LogP contribution in [0.1, 0.15) is 161 Å². The van der Waals surface area contributed by atoms with E-state index in [9.17, 15) is 9.59 Å². The summed E-state index contributed by atoms with van der Waals surface area (Å²) in [6, 6.07) is 0. The molecule has 184 valence electrons. The summed E-state index contributed by atoms with van der Waals surface area (Å²) in [5.74, 6) is 0.00377. The van der Waals surface area contributed by atoms with Gasteiger partial charge in [0.15, 0.2) is 0 Å². The third-order valence-corrected chi connectivity index (χ3v) is 6.21. The summed E-state index contributed by atoms with van der Waals surface area (Å²) in [4.78, 5) is 22.0. The second-order valence-electron chi connectivity index (χ2n) is 9.35. The Morgan fingerprint density at radius 3 is 1.39 bits per heavy atom. The van der Waals surface area contributed by atoms with Crippen LogP contribution in [0.2, 0.25) is 0 Å². The molecule has 0 atom stereocenters. The van der Waals surface area contributed by atoms with Gasteiger partial charge in [0.2, 0.25) is 0 Å². The normalized spacial score (nSPS) is 11.0. The van der Waals surface area contributed by atoms with Crippen LogP contribution < -0.4 is 0 Å². The van der Waals surface area contributed by atoms with E-state index in [0.717, 1.165) is 32.0 Å². The molecule has 0 aromatic rings. The van der Waals surface area contributed by atoms with Crippen LogP contribution in [-0.4, -0.2) is 18.9 Å². The summed E-state index contributed by atoms with van der Waals surface area (Å²) in [5, 5.41) is 0. The monoisotopic (exact) mass is 438 g/mol. The van der Waals surface area contributed by atoms with Gasteiger partial charge in [0.1, 0.15) is 6.29 Å². The van der Waals surface area contributed by atoms with Gasteiger partial charge in [-0.2, -0.15) is 0 Å². The molecule has 0 amide bonds. The first-order valence-corrected chi connectivity index (χ1v) is 13.9. The molecule has 3 heteroatoms. The Balaban J connectivity index is 3.14. The average molecular weight is 439 g/mol. The fourth-order valence-electron chi connectivity index (χ4n) is 4.11. The first-order chi connectivity index (χ1) is 15.3. The van der Waals surface area contributed by atoms with E-state index in [-0.39, 0.29) is 5.97 Å². The van der Waals surface area contributed by atoms with E-state index in [1.54, 1.807) is 0 Å². The maximum Gasteiger partial charge on any atom is 0.305 e. The second kappa shape index (κ2) is 27.2. The highest BCUT2D eigenvalue weighted by Gasteiger charge is 2.02. The van der Waals surface area contributed by atoms with Crippen molar-refractivity contribution in [2.75, 3.05) is 6.61 Å². The van der Waals surface area contributed by atoms with E-state index in [1.807, 2.05) is 0 Å². The van der Waals surface area contributed by atoms with Gasteiger partial charge in [-0.25, -0.2) is 0 Å². The molecule has 0 aromatic carbocycles. The van der Waals surface area contributed by atoms with Gasteiger partial charge in [-0.15, -0.1) is 0 Å². The minimum absolute atomic E-state index is 0.00377. The zero-order valence-corrected chi connectivity index (χ0v) is 21.0. The number of unbranched alkanes of at least 4 members (excludes halogenated alkanes) is 21. The van der Waals surface area contributed by atoms with Crippen LogP contribution >= 0.6 is 0 Å². The van der Waals surface area contributed by atoms with Gasteiger partial charge in [-0.3, -0.25) is 4.79 Å². The first kappa shape index (κ1) is 30.1.